The van der Waals surface area contributed by atoms with Gasteiger partial charge in [0.05, 0.1) is 17.1 Å². The molecule has 0 fully saturated rings. The van der Waals surface area contributed by atoms with Gasteiger partial charge in [-0.3, -0.25) is 0 Å². The predicted octanol–water partition coefficient (Wildman–Crippen LogP) is 0.523. The highest BCUT2D eigenvalue weighted by atomic mass is 16.1. The summed E-state index contributed by atoms with van der Waals surface area (Å²) in [6.45, 7) is 0. The first-order valence-electron chi connectivity index (χ1n) is 3.14. The first kappa shape index (κ1) is 5.93. The summed E-state index contributed by atoms with van der Waals surface area (Å²) in [7, 11) is 0. The van der Waals surface area contributed by atoms with Gasteiger partial charge in [-0.25, -0.2) is 9.78 Å². The molecular weight excluding hydrogens is 140 g/mol. The summed E-state index contributed by atoms with van der Waals surface area (Å²) in [5, 5.41) is 0.770. The van der Waals surface area contributed by atoms with Gasteiger partial charge in [-0.1, -0.05) is 12.1 Å². The molecule has 3 nitrogen and oxygen atoms in total. The van der Waals surface area contributed by atoms with Crippen molar-refractivity contribution in [2.24, 2.45) is 0 Å². The smallest absolute Gasteiger partial charge is 0.305 e. The summed E-state index contributed by atoms with van der Waals surface area (Å²) < 4.78 is 0. The second kappa shape index (κ2) is 2.10. The van der Waals surface area contributed by atoms with E-state index in [0.717, 1.165) is 10.9 Å². The summed E-state index contributed by atoms with van der Waals surface area (Å²) >= 11 is 0. The largest absolute Gasteiger partial charge is 0.345 e. The standard InChI is InChI=1S/C8H4N2O/c11-8-9-5-6-3-1-2-4-7(6)10-8/h2,4-5H,(H,9,10,11). The zero-order chi connectivity index (χ0) is 7.68. The summed E-state index contributed by atoms with van der Waals surface area (Å²) in [5.41, 5.74) is 0.404. The molecule has 0 unspecified atom stereocenters. The van der Waals surface area contributed by atoms with E-state index in [1.54, 1.807) is 12.1 Å². The maximum absolute atomic E-state index is 10.7. The molecule has 0 saturated carbocycles. The second-order valence-corrected chi connectivity index (χ2v) is 2.12. The fourth-order valence-corrected chi connectivity index (χ4v) is 0.883. The molecule has 0 aliphatic rings. The second-order valence-electron chi connectivity index (χ2n) is 2.12. The first-order chi connectivity index (χ1) is 5.36. The van der Waals surface area contributed by atoms with Crippen LogP contribution in [0.1, 0.15) is 0 Å². The van der Waals surface area contributed by atoms with Crippen LogP contribution in [0.5, 0.6) is 0 Å². The molecule has 1 aromatic heterocycles. The maximum atomic E-state index is 10.7. The molecule has 52 valence electrons. The Morgan fingerprint density at radius 1 is 1.55 bits per heavy atom. The van der Waals surface area contributed by atoms with Gasteiger partial charge < -0.3 is 4.98 Å². The van der Waals surface area contributed by atoms with Crippen molar-refractivity contribution in [2.45, 2.75) is 0 Å². The van der Waals surface area contributed by atoms with Crippen LogP contribution in [-0.2, 0) is 0 Å². The van der Waals surface area contributed by atoms with E-state index >= 15 is 0 Å². The van der Waals surface area contributed by atoms with Crippen LogP contribution in [0.2, 0.25) is 0 Å². The van der Waals surface area contributed by atoms with Crippen LogP contribution < -0.4 is 5.69 Å². The van der Waals surface area contributed by atoms with Crippen molar-refractivity contribution >= 4 is 10.9 Å². The minimum atomic E-state index is -0.336. The van der Waals surface area contributed by atoms with Gasteiger partial charge in [0.25, 0.3) is 0 Å². The lowest BCUT2D eigenvalue weighted by atomic mass is 10.3. The summed E-state index contributed by atoms with van der Waals surface area (Å²) in [4.78, 5) is 16.8. The first-order valence-corrected chi connectivity index (χ1v) is 3.14. The van der Waals surface area contributed by atoms with Crippen molar-refractivity contribution in [2.75, 3.05) is 0 Å². The molecule has 2 aromatic rings. The number of nitrogens with one attached hydrogen (secondary N) is 1. The topological polar surface area (TPSA) is 45.8 Å². The molecule has 2 rings (SSSR count). The number of fused-ring (bicyclic) bond motifs is 1. The highest BCUT2D eigenvalue weighted by molar-refractivity contribution is 5.74. The van der Waals surface area contributed by atoms with E-state index in [1.807, 2.05) is 0 Å². The highest BCUT2D eigenvalue weighted by Gasteiger charge is 1.89. The number of aromatic amines is 1. The van der Waals surface area contributed by atoms with E-state index in [-0.39, 0.29) is 5.69 Å². The third-order valence-corrected chi connectivity index (χ3v) is 1.38. The van der Waals surface area contributed by atoms with Crippen LogP contribution in [0, 0.1) is 12.1 Å². The molecule has 0 amide bonds. The molecule has 0 saturated heterocycles. The van der Waals surface area contributed by atoms with E-state index < -0.39 is 0 Å². The van der Waals surface area contributed by atoms with Gasteiger partial charge in [0.2, 0.25) is 0 Å². The fourth-order valence-electron chi connectivity index (χ4n) is 0.883. The summed E-state index contributed by atoms with van der Waals surface area (Å²) in [6.07, 6.45) is 1.48. The Balaban J connectivity index is 2.94. The van der Waals surface area contributed by atoms with Crippen molar-refractivity contribution < 1.29 is 0 Å². The molecule has 0 aliphatic carbocycles. The zero-order valence-corrected chi connectivity index (χ0v) is 5.59. The number of aromatic nitrogens is 2. The van der Waals surface area contributed by atoms with Gasteiger partial charge in [-0.15, -0.1) is 0 Å². The molecule has 0 bridgehead atoms. The lowest BCUT2D eigenvalue weighted by molar-refractivity contribution is 1.12. The third kappa shape index (κ3) is 0.945. The number of hydrogen-bond donors (Lipinski definition) is 1. The fraction of sp³-hybridized carbons (Fsp3) is 0. The Labute approximate surface area is 62.7 Å². The van der Waals surface area contributed by atoms with Crippen LogP contribution in [0.3, 0.4) is 0 Å². The Hall–Kier alpha value is -1.82. The van der Waals surface area contributed by atoms with Crippen LogP contribution in [-0.4, -0.2) is 9.97 Å². The van der Waals surface area contributed by atoms with Crippen molar-refractivity contribution in [3.05, 3.63) is 40.9 Å². The molecular formula is C8H4N2O. The monoisotopic (exact) mass is 144 g/mol. The van der Waals surface area contributed by atoms with E-state index in [4.69, 9.17) is 0 Å². The molecule has 11 heavy (non-hydrogen) atoms. The normalized spacial score (nSPS) is 9.45. The Morgan fingerprint density at radius 3 is 3.36 bits per heavy atom. The lowest BCUT2D eigenvalue weighted by Gasteiger charge is -1.88. The van der Waals surface area contributed by atoms with Gasteiger partial charge in [0.15, 0.2) is 0 Å². The quantitative estimate of drug-likeness (QED) is 0.586. The van der Waals surface area contributed by atoms with Crippen molar-refractivity contribution in [3.8, 4) is 0 Å². The van der Waals surface area contributed by atoms with E-state index in [9.17, 15) is 4.79 Å². The molecule has 0 aliphatic heterocycles. The van der Waals surface area contributed by atoms with Gasteiger partial charge in [-0.05, 0) is 12.1 Å². The number of H-pyrrole nitrogens is 1. The lowest BCUT2D eigenvalue weighted by Crippen LogP contribution is -2.07. The SMILES string of the molecule is O=c1ncc2c#cccc2[nH]1. The predicted molar refractivity (Wildman–Crippen MR) is 40.0 cm³/mol. The number of nitrogens with zero attached hydrogens (tertiary/aromatic N) is 1. The van der Waals surface area contributed by atoms with Crippen LogP contribution >= 0.6 is 0 Å². The Bertz CT molecular complexity index is 433. The van der Waals surface area contributed by atoms with E-state index in [0.29, 0.717) is 0 Å². The van der Waals surface area contributed by atoms with Crippen molar-refractivity contribution in [1.29, 1.82) is 0 Å². The summed E-state index contributed by atoms with van der Waals surface area (Å²) in [6, 6.07) is 9.04. The van der Waals surface area contributed by atoms with Crippen LogP contribution in [0.25, 0.3) is 10.9 Å². The Morgan fingerprint density at radius 2 is 2.45 bits per heavy atom. The number of hydrogen-bond acceptors (Lipinski definition) is 2. The van der Waals surface area contributed by atoms with Gasteiger partial charge >= 0.3 is 5.69 Å². The van der Waals surface area contributed by atoms with Crippen molar-refractivity contribution in [3.63, 3.8) is 0 Å². The van der Waals surface area contributed by atoms with Gasteiger partial charge in [0, 0.05) is 0 Å². The minimum absolute atomic E-state index is 0.336. The molecule has 1 heterocycles. The molecule has 0 atom stereocenters. The average molecular weight is 144 g/mol. The van der Waals surface area contributed by atoms with Crippen LogP contribution in [0.15, 0.2) is 23.1 Å². The molecule has 1 aromatic carbocycles. The van der Waals surface area contributed by atoms with Crippen LogP contribution in [0.4, 0.5) is 0 Å². The molecule has 3 heteroatoms. The molecule has 0 spiro atoms. The maximum Gasteiger partial charge on any atom is 0.345 e. The highest BCUT2D eigenvalue weighted by Crippen LogP contribution is 2.00. The molecule has 1 N–H and O–H groups in total. The van der Waals surface area contributed by atoms with Gasteiger partial charge in [0.1, 0.15) is 0 Å². The van der Waals surface area contributed by atoms with Crippen molar-refractivity contribution in [1.82, 2.24) is 9.97 Å². The van der Waals surface area contributed by atoms with Gasteiger partial charge in [-0.2, -0.15) is 0 Å². The average Bonchev–Trinajstić information content (AvgIpc) is 2.04. The van der Waals surface area contributed by atoms with E-state index in [2.05, 4.69) is 22.1 Å². The molecule has 0 radical (unpaired) electrons. The Kier molecular flexibility index (Phi) is 1.13. The van der Waals surface area contributed by atoms with E-state index in [1.165, 1.54) is 6.20 Å². The third-order valence-electron chi connectivity index (χ3n) is 1.38. The summed E-state index contributed by atoms with van der Waals surface area (Å²) in [5.74, 6) is 0. The number of rotatable bonds is 0. The zero-order valence-electron chi connectivity index (χ0n) is 5.59. The minimum Gasteiger partial charge on any atom is -0.305 e.